The second kappa shape index (κ2) is 5.34. The molecule has 0 heterocycles. The summed E-state index contributed by atoms with van der Waals surface area (Å²) in [6, 6.07) is 1.53. The predicted molar refractivity (Wildman–Crippen MR) is 65.5 cm³/mol. The summed E-state index contributed by atoms with van der Waals surface area (Å²) in [4.78, 5) is -0.751. The molecule has 0 nitrogen and oxygen atoms in total. The molecular weight excluding hydrogens is 309 g/mol. The van der Waals surface area contributed by atoms with Crippen molar-refractivity contribution >= 4 is 69.6 Å². The summed E-state index contributed by atoms with van der Waals surface area (Å²) in [5.74, 6) is 0.158. The molecule has 1 aromatic rings. The SMILES string of the molecule is ClCc1c(Cl)c(Cl)cc(C(Cl)Cl)c1Cl. The van der Waals surface area contributed by atoms with Crippen molar-refractivity contribution in [3.63, 3.8) is 0 Å². The lowest BCUT2D eigenvalue weighted by Crippen LogP contribution is -1.92. The first-order valence-corrected chi connectivity index (χ1v) is 6.03. The fourth-order valence-corrected chi connectivity index (χ4v) is 2.63. The van der Waals surface area contributed by atoms with E-state index in [0.29, 0.717) is 26.2 Å². The Morgan fingerprint density at radius 2 is 1.64 bits per heavy atom. The van der Waals surface area contributed by atoms with Gasteiger partial charge in [-0.25, -0.2) is 0 Å². The third-order valence-corrected chi connectivity index (χ3v) is 3.65. The first-order valence-electron chi connectivity index (χ1n) is 3.49. The number of benzene rings is 1. The van der Waals surface area contributed by atoms with Gasteiger partial charge >= 0.3 is 0 Å². The molecule has 0 saturated carbocycles. The molecule has 0 aliphatic carbocycles. The van der Waals surface area contributed by atoms with Gasteiger partial charge in [0.25, 0.3) is 0 Å². The van der Waals surface area contributed by atoms with Gasteiger partial charge in [-0.15, -0.1) is 34.8 Å². The minimum Gasteiger partial charge on any atom is -0.121 e. The van der Waals surface area contributed by atoms with E-state index in [1.807, 2.05) is 0 Å². The minimum atomic E-state index is -0.751. The van der Waals surface area contributed by atoms with E-state index < -0.39 is 4.84 Å². The summed E-state index contributed by atoms with van der Waals surface area (Å²) < 4.78 is 0. The van der Waals surface area contributed by atoms with Gasteiger partial charge in [0.1, 0.15) is 4.84 Å². The molecule has 0 aliphatic heterocycles. The maximum atomic E-state index is 5.98. The van der Waals surface area contributed by atoms with Gasteiger partial charge in [0.15, 0.2) is 0 Å². The molecule has 0 atom stereocenters. The number of alkyl halides is 3. The van der Waals surface area contributed by atoms with Crippen molar-refractivity contribution in [2.45, 2.75) is 10.7 Å². The minimum absolute atomic E-state index is 0.158. The Balaban J connectivity index is 3.42. The van der Waals surface area contributed by atoms with Crippen molar-refractivity contribution in [2.24, 2.45) is 0 Å². The highest BCUT2D eigenvalue weighted by atomic mass is 35.5. The highest BCUT2D eigenvalue weighted by molar-refractivity contribution is 6.48. The lowest BCUT2D eigenvalue weighted by atomic mass is 10.1. The fourth-order valence-electron chi connectivity index (χ4n) is 0.954. The van der Waals surface area contributed by atoms with Crippen LogP contribution in [0.15, 0.2) is 6.07 Å². The molecule has 0 fully saturated rings. The summed E-state index contributed by atoms with van der Waals surface area (Å²) in [6.07, 6.45) is 0. The normalized spacial score (nSPS) is 11.1. The van der Waals surface area contributed by atoms with Crippen LogP contribution in [0, 0.1) is 0 Å². The molecule has 1 aromatic carbocycles. The Labute approximate surface area is 112 Å². The van der Waals surface area contributed by atoms with Gasteiger partial charge in [0.05, 0.1) is 20.9 Å². The van der Waals surface area contributed by atoms with Crippen LogP contribution in [-0.4, -0.2) is 0 Å². The number of hydrogen-bond donors (Lipinski definition) is 0. The van der Waals surface area contributed by atoms with E-state index in [1.54, 1.807) is 0 Å². The summed E-state index contributed by atoms with van der Waals surface area (Å²) in [5, 5.41) is 1.04. The molecule has 0 spiro atoms. The van der Waals surface area contributed by atoms with Crippen molar-refractivity contribution in [2.75, 3.05) is 0 Å². The first kappa shape index (κ1) is 13.0. The summed E-state index contributed by atoms with van der Waals surface area (Å²) in [6.45, 7) is 0. The number of hydrogen-bond acceptors (Lipinski definition) is 0. The molecule has 0 radical (unpaired) electrons. The third-order valence-electron chi connectivity index (χ3n) is 1.64. The molecule has 14 heavy (non-hydrogen) atoms. The molecule has 6 heteroatoms. The molecule has 0 saturated heterocycles. The summed E-state index contributed by atoms with van der Waals surface area (Å²) in [5.41, 5.74) is 1.06. The van der Waals surface area contributed by atoms with Crippen molar-refractivity contribution in [3.05, 3.63) is 32.3 Å². The maximum absolute atomic E-state index is 5.98. The van der Waals surface area contributed by atoms with E-state index in [-0.39, 0.29) is 5.88 Å². The van der Waals surface area contributed by atoms with Gasteiger partial charge in [-0.3, -0.25) is 0 Å². The van der Waals surface area contributed by atoms with Gasteiger partial charge in [0.2, 0.25) is 0 Å². The quantitative estimate of drug-likeness (QED) is 0.474. The van der Waals surface area contributed by atoms with Crippen LogP contribution in [0.25, 0.3) is 0 Å². The second-order valence-electron chi connectivity index (χ2n) is 2.49. The zero-order valence-corrected chi connectivity index (χ0v) is 11.2. The van der Waals surface area contributed by atoms with Crippen LogP contribution < -0.4 is 0 Å². The van der Waals surface area contributed by atoms with Gasteiger partial charge < -0.3 is 0 Å². The van der Waals surface area contributed by atoms with E-state index in [4.69, 9.17) is 69.6 Å². The van der Waals surface area contributed by atoms with E-state index in [2.05, 4.69) is 0 Å². The number of rotatable bonds is 2. The molecule has 0 aliphatic rings. The Hall–Kier alpha value is 0.960. The van der Waals surface area contributed by atoms with Crippen molar-refractivity contribution in [3.8, 4) is 0 Å². The second-order valence-corrected chi connectivity index (χ2v) is 5.02. The topological polar surface area (TPSA) is 0 Å². The first-order chi connectivity index (χ1) is 6.49. The lowest BCUT2D eigenvalue weighted by Gasteiger charge is -2.11. The molecule has 0 bridgehead atoms. The van der Waals surface area contributed by atoms with Crippen LogP contribution in [0.1, 0.15) is 16.0 Å². The monoisotopic (exact) mass is 310 g/mol. The van der Waals surface area contributed by atoms with E-state index >= 15 is 0 Å². The van der Waals surface area contributed by atoms with Crippen LogP contribution in [0.4, 0.5) is 0 Å². The van der Waals surface area contributed by atoms with Crippen molar-refractivity contribution in [1.82, 2.24) is 0 Å². The molecule has 0 amide bonds. The smallest absolute Gasteiger partial charge is 0.121 e. The highest BCUT2D eigenvalue weighted by Crippen LogP contribution is 2.40. The van der Waals surface area contributed by atoms with Crippen LogP contribution in [0.5, 0.6) is 0 Å². The molecule has 0 aromatic heterocycles. The Bertz CT molecular complexity index is 346. The molecule has 78 valence electrons. The third kappa shape index (κ3) is 2.55. The largest absolute Gasteiger partial charge is 0.134 e. The van der Waals surface area contributed by atoms with Crippen LogP contribution in [0.2, 0.25) is 15.1 Å². The molecule has 1 rings (SSSR count). The summed E-state index contributed by atoms with van der Waals surface area (Å²) >= 11 is 34.8. The zero-order chi connectivity index (χ0) is 10.9. The molecule has 0 N–H and O–H groups in total. The van der Waals surface area contributed by atoms with Crippen LogP contribution in [0.3, 0.4) is 0 Å². The zero-order valence-electron chi connectivity index (χ0n) is 6.63. The predicted octanol–water partition coefficient (Wildman–Crippen LogP) is 5.86. The Kier molecular flexibility index (Phi) is 4.97. The molecule has 0 unspecified atom stereocenters. The van der Waals surface area contributed by atoms with Gasteiger partial charge in [-0.1, -0.05) is 34.8 Å². The lowest BCUT2D eigenvalue weighted by molar-refractivity contribution is 1.29. The van der Waals surface area contributed by atoms with Gasteiger partial charge in [-0.2, -0.15) is 0 Å². The Morgan fingerprint density at radius 3 is 2.07 bits per heavy atom. The van der Waals surface area contributed by atoms with E-state index in [0.717, 1.165) is 0 Å². The highest BCUT2D eigenvalue weighted by Gasteiger charge is 2.17. The van der Waals surface area contributed by atoms with Gasteiger partial charge in [0, 0.05) is 11.1 Å². The Morgan fingerprint density at radius 1 is 1.07 bits per heavy atom. The average Bonchev–Trinajstić information content (AvgIpc) is 2.12. The number of halogens is 6. The van der Waals surface area contributed by atoms with Crippen molar-refractivity contribution < 1.29 is 0 Å². The van der Waals surface area contributed by atoms with Gasteiger partial charge in [-0.05, 0) is 6.07 Å². The summed E-state index contributed by atoms with van der Waals surface area (Å²) in [7, 11) is 0. The van der Waals surface area contributed by atoms with E-state index in [9.17, 15) is 0 Å². The average molecular weight is 313 g/mol. The van der Waals surface area contributed by atoms with E-state index in [1.165, 1.54) is 6.07 Å². The fraction of sp³-hybridized carbons (Fsp3) is 0.250. The van der Waals surface area contributed by atoms with Crippen LogP contribution in [-0.2, 0) is 5.88 Å². The molecular formula is C8H4Cl6. The van der Waals surface area contributed by atoms with Crippen LogP contribution >= 0.6 is 69.6 Å². The van der Waals surface area contributed by atoms with Crippen molar-refractivity contribution in [1.29, 1.82) is 0 Å². The standard InChI is InChI=1S/C8H4Cl6/c9-2-4-6(11)3(8(13)14)1-5(10)7(4)12/h1,8H,2H2. The maximum Gasteiger partial charge on any atom is 0.134 e.